The normalized spacial score (nSPS) is 12.7. The minimum absolute atomic E-state index is 0.000319. The van der Waals surface area contributed by atoms with Gasteiger partial charge in [0.1, 0.15) is 0 Å². The van der Waals surface area contributed by atoms with Crippen molar-refractivity contribution >= 4 is 11.9 Å². The van der Waals surface area contributed by atoms with Crippen LogP contribution in [0.15, 0.2) is 36.5 Å². The van der Waals surface area contributed by atoms with Crippen molar-refractivity contribution in [1.82, 2.24) is 5.32 Å². The van der Waals surface area contributed by atoms with E-state index in [0.717, 1.165) is 57.8 Å². The number of ether oxygens (including phenoxy) is 1. The zero-order valence-corrected chi connectivity index (χ0v) is 52.7. The molecule has 3 N–H and O–H groups in total. The van der Waals surface area contributed by atoms with Crippen molar-refractivity contribution in [3.63, 3.8) is 0 Å². The molecule has 6 nitrogen and oxygen atoms in total. The van der Waals surface area contributed by atoms with Gasteiger partial charge in [-0.15, -0.1) is 0 Å². The predicted octanol–water partition coefficient (Wildman–Crippen LogP) is 22.7. The zero-order valence-electron chi connectivity index (χ0n) is 52.7. The molecule has 0 radical (unpaired) electrons. The van der Waals surface area contributed by atoms with E-state index in [0.29, 0.717) is 25.9 Å². The Morgan fingerprint density at radius 1 is 0.359 bits per heavy atom. The van der Waals surface area contributed by atoms with E-state index < -0.39 is 12.1 Å². The Hall–Kier alpha value is -1.92. The molecular formula is C72H137NO5. The minimum Gasteiger partial charge on any atom is -0.466 e. The number of hydrogen-bond acceptors (Lipinski definition) is 5. The standard InChI is InChI=1S/C72H137NO5/c1-3-5-7-9-11-13-15-17-19-21-22-23-27-30-33-36-40-44-48-52-56-60-64-70(75)69(68-74)73-71(76)65-61-57-53-49-45-41-37-34-31-28-25-24-26-29-32-35-39-43-47-51-55-59-63-67-78-72(77)66-62-58-54-50-46-42-38-20-18-16-14-12-10-8-6-4-2/h20,24,26,28,31,38,69-70,74-75H,3-19,21-23,25,27,29-30,32-37,39-68H2,1-2H3,(H,73,76)/b26-24-,31-28-,38-20-. The van der Waals surface area contributed by atoms with Gasteiger partial charge in [-0.05, 0) is 83.5 Å². The van der Waals surface area contributed by atoms with Crippen molar-refractivity contribution in [2.24, 2.45) is 0 Å². The van der Waals surface area contributed by atoms with Crippen LogP contribution in [-0.4, -0.2) is 47.4 Å². The first-order valence-corrected chi connectivity index (χ1v) is 35.2. The maximum atomic E-state index is 12.5. The maximum absolute atomic E-state index is 12.5. The second-order valence-electron chi connectivity index (χ2n) is 24.2. The molecule has 0 saturated heterocycles. The molecule has 0 heterocycles. The van der Waals surface area contributed by atoms with Crippen LogP contribution in [0.5, 0.6) is 0 Å². The van der Waals surface area contributed by atoms with Crippen LogP contribution < -0.4 is 5.32 Å². The van der Waals surface area contributed by atoms with Crippen LogP contribution in [0, 0.1) is 0 Å². The number of carbonyl (C=O) groups excluding carboxylic acids is 2. The summed E-state index contributed by atoms with van der Waals surface area (Å²) in [6.45, 7) is 4.97. The number of amides is 1. The van der Waals surface area contributed by atoms with Crippen molar-refractivity contribution in [3.8, 4) is 0 Å². The highest BCUT2D eigenvalue weighted by Gasteiger charge is 2.20. The van der Waals surface area contributed by atoms with Crippen molar-refractivity contribution in [1.29, 1.82) is 0 Å². The van der Waals surface area contributed by atoms with E-state index in [1.54, 1.807) is 0 Å². The molecule has 2 atom stereocenters. The number of aliphatic hydroxyl groups is 2. The van der Waals surface area contributed by atoms with E-state index in [4.69, 9.17) is 4.74 Å². The fourth-order valence-electron chi connectivity index (χ4n) is 11.0. The van der Waals surface area contributed by atoms with Gasteiger partial charge in [-0.3, -0.25) is 9.59 Å². The Balaban J connectivity index is 3.44. The number of allylic oxidation sites excluding steroid dienone is 6. The fourth-order valence-corrected chi connectivity index (χ4v) is 11.0. The SMILES string of the molecule is CCCCCCCCC/C=C\CCCCCCCC(=O)OCCCCCCCCCCC/C=C\C/C=C\CCCCCCCCCC(=O)NC(CO)C(O)CCCCCCCCCCCCCCCCCCCCCCCC. The van der Waals surface area contributed by atoms with E-state index in [1.807, 2.05) is 0 Å². The van der Waals surface area contributed by atoms with Gasteiger partial charge in [-0.1, -0.05) is 326 Å². The van der Waals surface area contributed by atoms with Crippen molar-refractivity contribution < 1.29 is 24.5 Å². The van der Waals surface area contributed by atoms with Crippen LogP contribution in [0.3, 0.4) is 0 Å². The summed E-state index contributed by atoms with van der Waals surface area (Å²) in [4.78, 5) is 24.6. The van der Waals surface area contributed by atoms with Crippen molar-refractivity contribution in [2.75, 3.05) is 13.2 Å². The Bertz CT molecular complexity index is 1260. The number of aliphatic hydroxyl groups excluding tert-OH is 2. The Morgan fingerprint density at radius 3 is 0.987 bits per heavy atom. The topological polar surface area (TPSA) is 95.9 Å². The molecule has 0 aromatic rings. The molecule has 0 rings (SSSR count). The zero-order chi connectivity index (χ0) is 56.4. The lowest BCUT2D eigenvalue weighted by atomic mass is 10.0. The van der Waals surface area contributed by atoms with Crippen molar-refractivity contribution in [3.05, 3.63) is 36.5 Å². The van der Waals surface area contributed by atoms with E-state index in [9.17, 15) is 19.8 Å². The lowest BCUT2D eigenvalue weighted by molar-refractivity contribution is -0.143. The molecule has 0 aromatic carbocycles. The fraction of sp³-hybridized carbons (Fsp3) is 0.889. The van der Waals surface area contributed by atoms with Gasteiger partial charge in [0.15, 0.2) is 0 Å². The lowest BCUT2D eigenvalue weighted by Crippen LogP contribution is -2.45. The van der Waals surface area contributed by atoms with Crippen LogP contribution in [0.2, 0.25) is 0 Å². The summed E-state index contributed by atoms with van der Waals surface area (Å²) in [5, 5.41) is 23.4. The first-order chi connectivity index (χ1) is 38.5. The maximum Gasteiger partial charge on any atom is 0.305 e. The molecule has 0 aromatic heterocycles. The van der Waals surface area contributed by atoms with Gasteiger partial charge in [-0.25, -0.2) is 0 Å². The molecule has 460 valence electrons. The summed E-state index contributed by atoms with van der Waals surface area (Å²) < 4.78 is 5.49. The summed E-state index contributed by atoms with van der Waals surface area (Å²) in [5.41, 5.74) is 0. The minimum atomic E-state index is -0.673. The summed E-state index contributed by atoms with van der Waals surface area (Å²) in [6.07, 6.45) is 86.1. The molecule has 0 fully saturated rings. The van der Waals surface area contributed by atoms with Gasteiger partial charge >= 0.3 is 5.97 Å². The highest BCUT2D eigenvalue weighted by molar-refractivity contribution is 5.76. The molecule has 0 aliphatic heterocycles. The second-order valence-corrected chi connectivity index (χ2v) is 24.2. The monoisotopic (exact) mass is 1100 g/mol. The molecule has 0 aliphatic rings. The van der Waals surface area contributed by atoms with Gasteiger partial charge in [0.2, 0.25) is 5.91 Å². The van der Waals surface area contributed by atoms with Crippen LogP contribution in [0.1, 0.15) is 386 Å². The predicted molar refractivity (Wildman–Crippen MR) is 343 cm³/mol. The molecule has 0 aliphatic carbocycles. The Morgan fingerprint density at radius 2 is 0.641 bits per heavy atom. The molecule has 2 unspecified atom stereocenters. The summed E-state index contributed by atoms with van der Waals surface area (Å²) in [5.74, 6) is -0.0414. The summed E-state index contributed by atoms with van der Waals surface area (Å²) in [6, 6.07) is -0.551. The highest BCUT2D eigenvalue weighted by atomic mass is 16.5. The largest absolute Gasteiger partial charge is 0.466 e. The number of unbranched alkanes of at least 4 members (excludes halogenated alkanes) is 49. The Labute approximate surface area is 487 Å². The molecule has 6 heteroatoms. The van der Waals surface area contributed by atoms with Gasteiger partial charge in [0.05, 0.1) is 25.4 Å². The summed E-state index contributed by atoms with van der Waals surface area (Å²) in [7, 11) is 0. The summed E-state index contributed by atoms with van der Waals surface area (Å²) >= 11 is 0. The highest BCUT2D eigenvalue weighted by Crippen LogP contribution is 2.18. The van der Waals surface area contributed by atoms with E-state index >= 15 is 0 Å². The first kappa shape index (κ1) is 76.1. The van der Waals surface area contributed by atoms with Crippen LogP contribution in [0.25, 0.3) is 0 Å². The molecule has 1 amide bonds. The Kier molecular flexibility index (Phi) is 65.9. The third kappa shape index (κ3) is 63.3. The molecular weight excluding hydrogens is 959 g/mol. The smallest absolute Gasteiger partial charge is 0.305 e. The molecule has 0 spiro atoms. The third-order valence-electron chi connectivity index (χ3n) is 16.4. The van der Waals surface area contributed by atoms with Crippen molar-refractivity contribution in [2.45, 2.75) is 398 Å². The lowest BCUT2D eigenvalue weighted by Gasteiger charge is -2.22. The van der Waals surface area contributed by atoms with Gasteiger partial charge < -0.3 is 20.3 Å². The van der Waals surface area contributed by atoms with Crippen LogP contribution >= 0.6 is 0 Å². The molecule has 0 bridgehead atoms. The van der Waals surface area contributed by atoms with E-state index in [1.165, 1.54) is 295 Å². The van der Waals surface area contributed by atoms with E-state index in [-0.39, 0.29) is 18.5 Å². The number of nitrogens with one attached hydrogen (secondary N) is 1. The number of rotatable bonds is 66. The van der Waals surface area contributed by atoms with Gasteiger partial charge in [-0.2, -0.15) is 0 Å². The van der Waals surface area contributed by atoms with Gasteiger partial charge in [0, 0.05) is 12.8 Å². The average molecular weight is 1100 g/mol. The van der Waals surface area contributed by atoms with Gasteiger partial charge in [0.25, 0.3) is 0 Å². The van der Waals surface area contributed by atoms with E-state index in [2.05, 4.69) is 55.6 Å². The second kappa shape index (κ2) is 67.6. The quantitative estimate of drug-likeness (QED) is 0.0320. The molecule has 0 saturated carbocycles. The number of hydrogen-bond donors (Lipinski definition) is 3. The first-order valence-electron chi connectivity index (χ1n) is 35.2. The third-order valence-corrected chi connectivity index (χ3v) is 16.4. The number of esters is 1. The average Bonchev–Trinajstić information content (AvgIpc) is 3.44. The molecule has 78 heavy (non-hydrogen) atoms. The van der Waals surface area contributed by atoms with Crippen LogP contribution in [0.4, 0.5) is 0 Å². The number of carbonyl (C=O) groups is 2. The van der Waals surface area contributed by atoms with Crippen LogP contribution in [-0.2, 0) is 14.3 Å².